The van der Waals surface area contributed by atoms with Gasteiger partial charge in [-0.25, -0.2) is 0 Å². The van der Waals surface area contributed by atoms with Crippen LogP contribution in [0.2, 0.25) is 0 Å². The summed E-state index contributed by atoms with van der Waals surface area (Å²) in [6.45, 7) is 2.61. The third-order valence-corrected chi connectivity index (χ3v) is 2.96. The molecule has 1 fully saturated rings. The molecule has 0 spiro atoms. The molecule has 1 aromatic rings. The van der Waals surface area contributed by atoms with Crippen molar-refractivity contribution in [2.24, 2.45) is 0 Å². The van der Waals surface area contributed by atoms with Gasteiger partial charge in [-0.1, -0.05) is 25.1 Å². The van der Waals surface area contributed by atoms with Crippen LogP contribution in [-0.2, 0) is 16.0 Å². The summed E-state index contributed by atoms with van der Waals surface area (Å²) in [6.07, 6.45) is 1.24. The number of amides is 2. The molecule has 0 atom stereocenters. The van der Waals surface area contributed by atoms with Crippen molar-refractivity contribution in [1.29, 1.82) is 0 Å². The van der Waals surface area contributed by atoms with E-state index in [2.05, 4.69) is 12.2 Å². The lowest BCUT2D eigenvalue weighted by molar-refractivity contribution is -0.123. The molecule has 1 aliphatic rings. The van der Waals surface area contributed by atoms with Crippen LogP contribution in [0.1, 0.15) is 18.9 Å². The maximum Gasteiger partial charge on any atom is 0.246 e. The molecule has 1 saturated heterocycles. The van der Waals surface area contributed by atoms with Gasteiger partial charge in [-0.05, 0) is 18.1 Å². The summed E-state index contributed by atoms with van der Waals surface area (Å²) >= 11 is 0. The van der Waals surface area contributed by atoms with Crippen LogP contribution in [0.3, 0.4) is 0 Å². The number of benzene rings is 1. The number of anilines is 1. The van der Waals surface area contributed by atoms with Crippen LogP contribution in [0, 0.1) is 0 Å². The Balaban J connectivity index is 2.31. The smallest absolute Gasteiger partial charge is 0.246 e. The molecule has 4 nitrogen and oxygen atoms in total. The summed E-state index contributed by atoms with van der Waals surface area (Å²) in [4.78, 5) is 24.9. The lowest BCUT2D eigenvalue weighted by Gasteiger charge is -2.22. The zero-order valence-electron chi connectivity index (χ0n) is 9.90. The minimum Gasteiger partial charge on any atom is -0.347 e. The van der Waals surface area contributed by atoms with Crippen LogP contribution in [0.15, 0.2) is 24.3 Å². The number of carbonyl (C=O) groups is 2. The molecule has 1 aliphatic heterocycles. The first-order valence-corrected chi connectivity index (χ1v) is 5.87. The summed E-state index contributed by atoms with van der Waals surface area (Å²) in [5.74, 6) is -0.105. The fourth-order valence-electron chi connectivity index (χ4n) is 2.02. The van der Waals surface area contributed by atoms with Crippen molar-refractivity contribution < 1.29 is 9.59 Å². The molecule has 17 heavy (non-hydrogen) atoms. The van der Waals surface area contributed by atoms with Crippen LogP contribution in [0.25, 0.3) is 0 Å². The van der Waals surface area contributed by atoms with E-state index in [-0.39, 0.29) is 18.4 Å². The van der Waals surface area contributed by atoms with Gasteiger partial charge in [-0.15, -0.1) is 0 Å². The van der Waals surface area contributed by atoms with Gasteiger partial charge in [0.2, 0.25) is 11.8 Å². The Labute approximate surface area is 101 Å². The molecule has 0 saturated carbocycles. The van der Waals surface area contributed by atoms with Gasteiger partial charge in [0.1, 0.15) is 0 Å². The van der Waals surface area contributed by atoms with Gasteiger partial charge >= 0.3 is 0 Å². The number of nitrogens with one attached hydrogen (secondary N) is 1. The lowest BCUT2D eigenvalue weighted by Crippen LogP contribution is -2.35. The van der Waals surface area contributed by atoms with Gasteiger partial charge < -0.3 is 10.2 Å². The second kappa shape index (κ2) is 4.99. The standard InChI is InChI=1S/C13H16N2O2/c1-2-10-5-3-4-6-11(10)15-8-7-12(16)14-9-13(15)17/h3-6H,2,7-9H2,1H3,(H,14,16). The van der Waals surface area contributed by atoms with E-state index in [1.54, 1.807) is 4.90 Å². The Hall–Kier alpha value is -1.84. The van der Waals surface area contributed by atoms with Crippen LogP contribution < -0.4 is 10.2 Å². The van der Waals surface area contributed by atoms with E-state index in [0.29, 0.717) is 13.0 Å². The van der Waals surface area contributed by atoms with E-state index >= 15 is 0 Å². The Kier molecular flexibility index (Phi) is 3.42. The number of hydrogen-bond acceptors (Lipinski definition) is 2. The number of para-hydroxylation sites is 1. The van der Waals surface area contributed by atoms with Crippen molar-refractivity contribution in [2.75, 3.05) is 18.0 Å². The second-order valence-electron chi connectivity index (χ2n) is 4.05. The van der Waals surface area contributed by atoms with Crippen LogP contribution >= 0.6 is 0 Å². The predicted octanol–water partition coefficient (Wildman–Crippen LogP) is 1.10. The lowest BCUT2D eigenvalue weighted by atomic mass is 10.1. The van der Waals surface area contributed by atoms with Crippen LogP contribution in [0.5, 0.6) is 0 Å². The normalized spacial score (nSPS) is 16.6. The molecule has 2 amide bonds. The fourth-order valence-corrected chi connectivity index (χ4v) is 2.02. The molecule has 4 heteroatoms. The van der Waals surface area contributed by atoms with Crippen LogP contribution in [-0.4, -0.2) is 24.9 Å². The number of carbonyl (C=O) groups excluding carboxylic acids is 2. The van der Waals surface area contributed by atoms with E-state index in [0.717, 1.165) is 17.7 Å². The molecule has 1 N–H and O–H groups in total. The average molecular weight is 232 g/mol. The Morgan fingerprint density at radius 2 is 2.06 bits per heavy atom. The van der Waals surface area contributed by atoms with E-state index in [1.165, 1.54) is 0 Å². The Morgan fingerprint density at radius 1 is 1.29 bits per heavy atom. The maximum absolute atomic E-state index is 11.9. The summed E-state index contributed by atoms with van der Waals surface area (Å²) in [5.41, 5.74) is 2.06. The van der Waals surface area contributed by atoms with Gasteiger partial charge in [0.15, 0.2) is 0 Å². The average Bonchev–Trinajstić information content (AvgIpc) is 2.52. The number of rotatable bonds is 2. The third kappa shape index (κ3) is 2.46. The van der Waals surface area contributed by atoms with Crippen molar-refractivity contribution in [3.8, 4) is 0 Å². The highest BCUT2D eigenvalue weighted by atomic mass is 16.2. The topological polar surface area (TPSA) is 49.4 Å². The van der Waals surface area contributed by atoms with E-state index in [9.17, 15) is 9.59 Å². The summed E-state index contributed by atoms with van der Waals surface area (Å²) in [6, 6.07) is 7.84. The molecule has 0 bridgehead atoms. The molecular weight excluding hydrogens is 216 g/mol. The largest absolute Gasteiger partial charge is 0.347 e. The highest BCUT2D eigenvalue weighted by Crippen LogP contribution is 2.21. The molecule has 2 rings (SSSR count). The molecule has 1 heterocycles. The molecule has 1 aromatic carbocycles. The van der Waals surface area contributed by atoms with Gasteiger partial charge in [-0.3, -0.25) is 9.59 Å². The zero-order valence-corrected chi connectivity index (χ0v) is 9.90. The monoisotopic (exact) mass is 232 g/mol. The van der Waals surface area contributed by atoms with E-state index in [4.69, 9.17) is 0 Å². The molecule has 0 aliphatic carbocycles. The first kappa shape index (κ1) is 11.6. The second-order valence-corrected chi connectivity index (χ2v) is 4.05. The zero-order chi connectivity index (χ0) is 12.3. The van der Waals surface area contributed by atoms with Crippen molar-refractivity contribution in [2.45, 2.75) is 19.8 Å². The van der Waals surface area contributed by atoms with Crippen molar-refractivity contribution in [3.63, 3.8) is 0 Å². The first-order valence-electron chi connectivity index (χ1n) is 5.87. The predicted molar refractivity (Wildman–Crippen MR) is 65.8 cm³/mol. The molecule has 90 valence electrons. The molecular formula is C13H16N2O2. The van der Waals surface area contributed by atoms with Gasteiger partial charge in [0.25, 0.3) is 0 Å². The highest BCUT2D eigenvalue weighted by molar-refractivity contribution is 5.99. The first-order chi connectivity index (χ1) is 8.22. The van der Waals surface area contributed by atoms with E-state index in [1.807, 2.05) is 24.3 Å². The van der Waals surface area contributed by atoms with Gasteiger partial charge in [-0.2, -0.15) is 0 Å². The van der Waals surface area contributed by atoms with E-state index < -0.39 is 0 Å². The Bertz CT molecular complexity index is 443. The van der Waals surface area contributed by atoms with Crippen molar-refractivity contribution in [1.82, 2.24) is 5.32 Å². The number of nitrogens with zero attached hydrogens (tertiary/aromatic N) is 1. The van der Waals surface area contributed by atoms with Crippen molar-refractivity contribution in [3.05, 3.63) is 29.8 Å². The quantitative estimate of drug-likeness (QED) is 0.830. The van der Waals surface area contributed by atoms with Crippen LogP contribution in [0.4, 0.5) is 5.69 Å². The number of aryl methyl sites for hydroxylation is 1. The molecule has 0 radical (unpaired) electrons. The third-order valence-electron chi connectivity index (χ3n) is 2.96. The minimum atomic E-state index is -0.0603. The molecule has 0 unspecified atom stereocenters. The number of hydrogen-bond donors (Lipinski definition) is 1. The van der Waals surface area contributed by atoms with Gasteiger partial charge in [0, 0.05) is 18.7 Å². The summed E-state index contributed by atoms with van der Waals surface area (Å²) in [7, 11) is 0. The minimum absolute atomic E-state index is 0.0447. The van der Waals surface area contributed by atoms with Crippen molar-refractivity contribution >= 4 is 17.5 Å². The summed E-state index contributed by atoms with van der Waals surface area (Å²) in [5, 5.41) is 2.60. The SMILES string of the molecule is CCc1ccccc1N1CCC(=O)NCC1=O. The Morgan fingerprint density at radius 3 is 2.82 bits per heavy atom. The highest BCUT2D eigenvalue weighted by Gasteiger charge is 2.22. The summed E-state index contributed by atoms with van der Waals surface area (Å²) < 4.78 is 0. The molecule has 0 aromatic heterocycles. The van der Waals surface area contributed by atoms with Gasteiger partial charge in [0.05, 0.1) is 6.54 Å². The fraction of sp³-hybridized carbons (Fsp3) is 0.385. The maximum atomic E-state index is 11.9.